The van der Waals surface area contributed by atoms with Crippen LogP contribution >= 0.6 is 0 Å². The van der Waals surface area contributed by atoms with E-state index in [-0.39, 0.29) is 11.5 Å². The molecule has 2 heterocycles. The first kappa shape index (κ1) is 14.4. The molecule has 0 aromatic carbocycles. The van der Waals surface area contributed by atoms with E-state index >= 15 is 0 Å². The van der Waals surface area contributed by atoms with E-state index < -0.39 is 16.8 Å². The number of esters is 1. The van der Waals surface area contributed by atoms with Crippen LogP contribution in [0.25, 0.3) is 11.5 Å². The lowest BCUT2D eigenvalue weighted by atomic mass is 10.1. The number of nitrogens with zero attached hydrogens (tertiary/aromatic N) is 3. The molecule has 0 atom stereocenters. The summed E-state index contributed by atoms with van der Waals surface area (Å²) < 4.78 is 11.4. The molecule has 2 aromatic rings. The fourth-order valence-corrected chi connectivity index (χ4v) is 1.84. The zero-order chi connectivity index (χ0) is 15.6. The highest BCUT2D eigenvalue weighted by molar-refractivity contribution is 6.42. The van der Waals surface area contributed by atoms with Crippen LogP contribution < -0.4 is 0 Å². The van der Waals surface area contributed by atoms with Gasteiger partial charge in [-0.25, -0.2) is 9.37 Å². The Morgan fingerprint density at radius 1 is 1.43 bits per heavy atom. The van der Waals surface area contributed by atoms with Crippen molar-refractivity contribution < 1.29 is 23.4 Å². The average molecular weight is 293 g/mol. The van der Waals surface area contributed by atoms with Crippen LogP contribution in [0.1, 0.15) is 5.56 Å². The molecule has 9 nitrogen and oxygen atoms in total. The fraction of sp³-hybridized carbons (Fsp3) is 0.250. The third-order valence-electron chi connectivity index (χ3n) is 2.74. The Morgan fingerprint density at radius 2 is 2.14 bits per heavy atom. The third kappa shape index (κ3) is 2.66. The van der Waals surface area contributed by atoms with Crippen LogP contribution in [0.3, 0.4) is 0 Å². The van der Waals surface area contributed by atoms with Crippen molar-refractivity contribution in [1.29, 1.82) is 0 Å². The number of hydrogen-bond donors (Lipinski definition) is 1. The van der Waals surface area contributed by atoms with Gasteiger partial charge in [0.05, 0.1) is 19.4 Å². The van der Waals surface area contributed by atoms with E-state index in [1.165, 1.54) is 25.4 Å². The van der Waals surface area contributed by atoms with Crippen molar-refractivity contribution in [2.24, 2.45) is 0 Å². The molecule has 0 saturated carbocycles. The minimum absolute atomic E-state index is 0.206. The van der Waals surface area contributed by atoms with Crippen molar-refractivity contribution in [2.45, 2.75) is 0 Å². The molecule has 0 saturated heterocycles. The smallest absolute Gasteiger partial charge is 0.433 e. The first-order valence-electron chi connectivity index (χ1n) is 5.86. The number of aromatic amines is 1. The van der Waals surface area contributed by atoms with Crippen molar-refractivity contribution in [3.63, 3.8) is 0 Å². The standard InChI is InChI=1S/C12H12N4O5/c1-15(2)11(12(17)20-3)7-6-13-14-10(7)8-4-5-9(21-8)16(18)19/h4-6H,1-3H3/p+1. The van der Waals surface area contributed by atoms with Crippen molar-refractivity contribution in [3.8, 4) is 11.5 Å². The highest BCUT2D eigenvalue weighted by Gasteiger charge is 2.29. The topological polar surface area (TPSA) is 114 Å². The van der Waals surface area contributed by atoms with Gasteiger partial charge in [-0.2, -0.15) is 5.10 Å². The Kier molecular flexibility index (Phi) is 3.83. The van der Waals surface area contributed by atoms with Crippen LogP contribution in [-0.2, 0) is 9.53 Å². The lowest BCUT2D eigenvalue weighted by Gasteiger charge is -2.01. The van der Waals surface area contributed by atoms with Gasteiger partial charge in [0, 0.05) is 0 Å². The second-order valence-corrected chi connectivity index (χ2v) is 4.29. The number of aromatic nitrogens is 2. The number of hydrogen-bond acceptors (Lipinski definition) is 6. The summed E-state index contributed by atoms with van der Waals surface area (Å²) in [6.45, 7) is 0. The molecule has 0 amide bonds. The molecule has 2 aromatic heterocycles. The molecule has 0 fully saturated rings. The van der Waals surface area contributed by atoms with Gasteiger partial charge in [-0.3, -0.25) is 15.2 Å². The van der Waals surface area contributed by atoms with Crippen LogP contribution in [0.5, 0.6) is 0 Å². The molecule has 2 rings (SSSR count). The highest BCUT2D eigenvalue weighted by Crippen LogP contribution is 2.27. The summed E-state index contributed by atoms with van der Waals surface area (Å²) in [5.41, 5.74) is 1.04. The molecule has 0 spiro atoms. The lowest BCUT2D eigenvalue weighted by Crippen LogP contribution is -2.26. The number of nitrogens with one attached hydrogen (secondary N) is 1. The zero-order valence-corrected chi connectivity index (χ0v) is 11.6. The number of rotatable bonds is 4. The van der Waals surface area contributed by atoms with E-state index in [1.54, 1.807) is 18.7 Å². The minimum Gasteiger partial charge on any atom is -0.461 e. The van der Waals surface area contributed by atoms with E-state index in [4.69, 9.17) is 9.15 Å². The largest absolute Gasteiger partial charge is 0.461 e. The van der Waals surface area contributed by atoms with E-state index in [1.807, 2.05) is 0 Å². The van der Waals surface area contributed by atoms with E-state index in [0.29, 0.717) is 11.3 Å². The number of H-pyrrole nitrogens is 1. The number of ether oxygens (including phenoxy) is 1. The quantitative estimate of drug-likeness (QED) is 0.293. The minimum atomic E-state index is -0.642. The Morgan fingerprint density at radius 3 is 2.67 bits per heavy atom. The second-order valence-electron chi connectivity index (χ2n) is 4.29. The van der Waals surface area contributed by atoms with Crippen molar-refractivity contribution in [3.05, 3.63) is 34.0 Å². The Hall–Kier alpha value is -2.97. The molecule has 21 heavy (non-hydrogen) atoms. The number of carbonyl (C=O) groups excluding carboxylic acids is 1. The van der Waals surface area contributed by atoms with E-state index in [2.05, 4.69) is 10.2 Å². The van der Waals surface area contributed by atoms with Crippen molar-refractivity contribution >= 4 is 17.6 Å². The normalized spacial score (nSPS) is 10.2. The van der Waals surface area contributed by atoms with Gasteiger partial charge in [0.1, 0.15) is 30.3 Å². The zero-order valence-electron chi connectivity index (χ0n) is 11.6. The number of furan rings is 1. The third-order valence-corrected chi connectivity index (χ3v) is 2.74. The van der Waals surface area contributed by atoms with Gasteiger partial charge < -0.3 is 9.15 Å². The van der Waals surface area contributed by atoms with Gasteiger partial charge in [0.2, 0.25) is 0 Å². The van der Waals surface area contributed by atoms with Crippen LogP contribution in [0, 0.1) is 10.1 Å². The first-order valence-corrected chi connectivity index (χ1v) is 5.86. The average Bonchev–Trinajstić information content (AvgIpc) is 3.05. The van der Waals surface area contributed by atoms with E-state index in [0.717, 1.165) is 0 Å². The molecular formula is C12H13N4O5+. The Bertz CT molecular complexity index is 724. The van der Waals surface area contributed by atoms with Crippen LogP contribution in [0.2, 0.25) is 0 Å². The Balaban J connectivity index is 2.54. The van der Waals surface area contributed by atoms with Crippen LogP contribution in [0.15, 0.2) is 22.7 Å². The van der Waals surface area contributed by atoms with Gasteiger partial charge in [0.25, 0.3) is 5.71 Å². The van der Waals surface area contributed by atoms with Crippen molar-refractivity contribution in [2.75, 3.05) is 21.2 Å². The summed E-state index contributed by atoms with van der Waals surface area (Å²) >= 11 is 0. The predicted octanol–water partition coefficient (Wildman–Crippen LogP) is 0.812. The second kappa shape index (κ2) is 5.57. The number of carbonyl (C=O) groups is 1. The van der Waals surface area contributed by atoms with Gasteiger partial charge >= 0.3 is 11.9 Å². The molecule has 0 unspecified atom stereocenters. The van der Waals surface area contributed by atoms with Crippen LogP contribution in [-0.4, -0.2) is 52.6 Å². The first-order chi connectivity index (χ1) is 9.95. The summed E-state index contributed by atoms with van der Waals surface area (Å²) in [5, 5.41) is 17.2. The summed E-state index contributed by atoms with van der Waals surface area (Å²) in [6.07, 6.45) is 1.43. The van der Waals surface area contributed by atoms with Crippen LogP contribution in [0.4, 0.5) is 5.88 Å². The lowest BCUT2D eigenvalue weighted by molar-refractivity contribution is -0.463. The molecule has 0 radical (unpaired) electrons. The summed E-state index contributed by atoms with van der Waals surface area (Å²) in [5.74, 6) is -0.740. The maximum atomic E-state index is 11.9. The maximum Gasteiger partial charge on any atom is 0.433 e. The van der Waals surface area contributed by atoms with Gasteiger partial charge in [-0.15, -0.1) is 0 Å². The molecular weight excluding hydrogens is 280 g/mol. The maximum absolute atomic E-state index is 11.9. The number of nitro groups is 1. The molecule has 9 heteroatoms. The summed E-state index contributed by atoms with van der Waals surface area (Å²) in [4.78, 5) is 21.9. The molecule has 0 aliphatic carbocycles. The van der Waals surface area contributed by atoms with Crippen molar-refractivity contribution in [1.82, 2.24) is 10.2 Å². The van der Waals surface area contributed by atoms with Gasteiger partial charge in [-0.1, -0.05) is 0 Å². The van der Waals surface area contributed by atoms with Gasteiger partial charge in [0.15, 0.2) is 5.76 Å². The predicted molar refractivity (Wildman–Crippen MR) is 71.2 cm³/mol. The van der Waals surface area contributed by atoms with Gasteiger partial charge in [-0.05, 0) is 6.07 Å². The SMILES string of the molecule is COC(=O)C(c1cn[nH]c1-c1ccc([N+](=O)[O-])o1)=[N+](C)C. The molecule has 0 aliphatic heterocycles. The number of methoxy groups -OCH3 is 1. The summed E-state index contributed by atoms with van der Waals surface area (Å²) in [7, 11) is 4.62. The molecule has 0 bridgehead atoms. The van der Waals surface area contributed by atoms with E-state index in [9.17, 15) is 14.9 Å². The fourth-order valence-electron chi connectivity index (χ4n) is 1.84. The molecule has 0 aliphatic rings. The monoisotopic (exact) mass is 293 g/mol. The summed E-state index contributed by atoms with van der Waals surface area (Å²) in [6, 6.07) is 2.66. The molecule has 1 N–H and O–H groups in total. The molecule has 110 valence electrons. The Labute approximate surface area is 119 Å². The highest BCUT2D eigenvalue weighted by atomic mass is 16.6.